The van der Waals surface area contributed by atoms with Crippen molar-refractivity contribution in [2.45, 2.75) is 99.0 Å². The molecule has 3 aliphatic heterocycles. The molecule has 10 N–H and O–H groups in total. The lowest BCUT2D eigenvalue weighted by Gasteiger charge is -2.49. The van der Waals surface area contributed by atoms with Crippen molar-refractivity contribution in [2.24, 2.45) is 0 Å². The first-order chi connectivity index (χ1) is 19.1. The second-order valence-corrected chi connectivity index (χ2v) is 9.17. The molecule has 3 rings (SSSR count). The molecule has 0 spiro atoms. The quantitative estimate of drug-likeness (QED) is 0.125. The van der Waals surface area contributed by atoms with Crippen LogP contribution in [0.15, 0.2) is 0 Å². The van der Waals surface area contributed by atoms with E-state index in [0.717, 1.165) is 6.92 Å². The highest BCUT2D eigenvalue weighted by Crippen LogP contribution is 2.32. The molecule has 0 aromatic rings. The van der Waals surface area contributed by atoms with Gasteiger partial charge in [-0.3, -0.25) is 4.79 Å². The van der Waals surface area contributed by atoms with Gasteiger partial charge >= 0.3 is 0 Å². The molecule has 3 aliphatic rings. The number of hydrogen-bond acceptors (Lipinski definition) is 16. The molecule has 0 saturated carbocycles. The van der Waals surface area contributed by atoms with Gasteiger partial charge in [0, 0.05) is 14.0 Å². The van der Waals surface area contributed by atoms with Crippen molar-refractivity contribution >= 4 is 5.91 Å². The van der Waals surface area contributed by atoms with E-state index in [1.165, 1.54) is 0 Å². The van der Waals surface area contributed by atoms with E-state index in [-0.39, 0.29) is 0 Å². The highest BCUT2D eigenvalue weighted by atomic mass is 16.7. The Bertz CT molecular complexity index is 856. The first-order valence-electron chi connectivity index (χ1n) is 13.3. The molecule has 38 heavy (non-hydrogen) atoms. The predicted molar refractivity (Wildman–Crippen MR) is 118 cm³/mol. The number of hydrogen-bond donors (Lipinski definition) is 10. The van der Waals surface area contributed by atoms with Gasteiger partial charge in [-0.1, -0.05) is 0 Å². The topological polar surface area (TPSA) is 267 Å². The van der Waals surface area contributed by atoms with Gasteiger partial charge in [0.1, 0.15) is 73.2 Å². The van der Waals surface area contributed by atoms with Crippen LogP contribution in [0.4, 0.5) is 0 Å². The fourth-order valence-corrected chi connectivity index (χ4v) is 4.54. The number of methoxy groups -OCH3 is 1. The lowest BCUT2D eigenvalue weighted by Crippen LogP contribution is -2.69. The van der Waals surface area contributed by atoms with Gasteiger partial charge in [-0.05, 0) is 0 Å². The Morgan fingerprint density at radius 1 is 0.711 bits per heavy atom. The minimum Gasteiger partial charge on any atom is -0.394 e. The number of carbonyl (C=O) groups excluding carboxylic acids is 1. The zero-order valence-corrected chi connectivity index (χ0v) is 20.2. The van der Waals surface area contributed by atoms with E-state index < -0.39 is 125 Å². The summed E-state index contributed by atoms with van der Waals surface area (Å²) in [5.41, 5.74) is 0. The minimum absolute atomic E-state index is 0.731. The molecule has 17 heteroatoms. The average molecular weight is 563 g/mol. The zero-order chi connectivity index (χ0) is 30.8. The van der Waals surface area contributed by atoms with Crippen LogP contribution in [0.2, 0.25) is 0 Å². The molecule has 0 aliphatic carbocycles. The van der Waals surface area contributed by atoms with Crippen molar-refractivity contribution in [3.05, 3.63) is 0 Å². The monoisotopic (exact) mass is 562 g/mol. The summed E-state index contributed by atoms with van der Waals surface area (Å²) < 4.78 is 53.8. The van der Waals surface area contributed by atoms with Gasteiger partial charge in [-0.15, -0.1) is 0 Å². The van der Waals surface area contributed by atoms with Crippen LogP contribution in [0, 0.1) is 0 Å². The van der Waals surface area contributed by atoms with Crippen LogP contribution in [0.1, 0.15) is 11.0 Å². The van der Waals surface area contributed by atoms with Gasteiger partial charge in [-0.2, -0.15) is 0 Å². The Labute approximate surface area is 221 Å². The van der Waals surface area contributed by atoms with Crippen molar-refractivity contribution in [1.29, 1.82) is 0 Å². The third-order valence-electron chi connectivity index (χ3n) is 6.59. The summed E-state index contributed by atoms with van der Waals surface area (Å²) in [5, 5.41) is 94.2. The molecule has 0 radical (unpaired) electrons. The number of carbonyl (C=O) groups is 1. The Balaban J connectivity index is 1.85. The number of rotatable bonds is 9. The SMILES string of the molecule is [2H]C([2H])([2H])O[C@@H]1O[C@H](CO)[C@H](O)[C@H](O[C@@H]2O[C@H](CO)[C@@H](O[C@@H]3O[C@H](CO)[C@H](O)[C@H](O)[C@H]3O)[C@H](O)[C@H]2NC(C)=O)[C@H]1O. The van der Waals surface area contributed by atoms with E-state index in [0.29, 0.717) is 0 Å². The summed E-state index contributed by atoms with van der Waals surface area (Å²) >= 11 is 0. The van der Waals surface area contributed by atoms with E-state index in [2.05, 4.69) is 5.32 Å². The smallest absolute Gasteiger partial charge is 0.217 e. The molecule has 15 atom stereocenters. The summed E-state index contributed by atoms with van der Waals surface area (Å²) in [6.45, 7) is -1.45. The molecule has 17 nitrogen and oxygen atoms in total. The molecule has 3 heterocycles. The number of aliphatic hydroxyl groups is 9. The van der Waals surface area contributed by atoms with Crippen molar-refractivity contribution < 1.29 is 83.3 Å². The van der Waals surface area contributed by atoms with Crippen molar-refractivity contribution in [3.63, 3.8) is 0 Å². The standard InChI is InChI=1S/C21H37NO16/c1-6(26)22-10-13(29)17(37-21-15(31)14(30)11(27)7(3-23)35-21)9(5-25)36-19(10)38-18-12(28)8(4-24)34-20(33-2)16(18)32/h7-21,23-25,27-32H,3-5H2,1-2H3,(H,22,26)/t7-,8-,9-,10-,11+,12+,13-,14+,15-,16-,17-,18+,19+,20-,21+/m1/s1/i2D3. The first kappa shape index (κ1) is 27.1. The summed E-state index contributed by atoms with van der Waals surface area (Å²) in [6.07, 6.45) is -24.3. The summed E-state index contributed by atoms with van der Waals surface area (Å²) in [5.74, 6) is -0.731. The van der Waals surface area contributed by atoms with E-state index in [1.807, 2.05) is 0 Å². The van der Waals surface area contributed by atoms with Gasteiger partial charge in [0.2, 0.25) is 5.91 Å². The van der Waals surface area contributed by atoms with Crippen LogP contribution < -0.4 is 5.32 Å². The first-order valence-corrected chi connectivity index (χ1v) is 11.8. The highest BCUT2D eigenvalue weighted by molar-refractivity contribution is 5.73. The lowest BCUT2D eigenvalue weighted by atomic mass is 9.94. The predicted octanol–water partition coefficient (Wildman–Crippen LogP) is -6.78. The normalized spacial score (nSPS) is 49.5. The maximum atomic E-state index is 12.0. The molecule has 0 aromatic heterocycles. The lowest BCUT2D eigenvalue weighted by molar-refractivity contribution is -0.366. The van der Waals surface area contributed by atoms with Crippen LogP contribution in [0.25, 0.3) is 0 Å². The molecule has 3 saturated heterocycles. The maximum absolute atomic E-state index is 12.0. The minimum atomic E-state index is -3.06. The molecule has 222 valence electrons. The van der Waals surface area contributed by atoms with Gasteiger partial charge < -0.3 is 79.7 Å². The second kappa shape index (κ2) is 13.5. The second-order valence-electron chi connectivity index (χ2n) is 9.17. The Morgan fingerprint density at radius 2 is 1.26 bits per heavy atom. The van der Waals surface area contributed by atoms with Crippen LogP contribution >= 0.6 is 0 Å². The molecular formula is C21H37NO16. The van der Waals surface area contributed by atoms with E-state index >= 15 is 0 Å². The Kier molecular flexibility index (Phi) is 9.60. The summed E-state index contributed by atoms with van der Waals surface area (Å²) in [4.78, 5) is 12.0. The van der Waals surface area contributed by atoms with Gasteiger partial charge in [0.15, 0.2) is 18.9 Å². The third kappa shape index (κ3) is 6.43. The number of aliphatic hydroxyl groups excluding tert-OH is 9. The Morgan fingerprint density at radius 3 is 1.84 bits per heavy atom. The van der Waals surface area contributed by atoms with Gasteiger partial charge in [0.05, 0.1) is 23.9 Å². The highest BCUT2D eigenvalue weighted by Gasteiger charge is 2.54. The molecular weight excluding hydrogens is 522 g/mol. The largest absolute Gasteiger partial charge is 0.394 e. The van der Waals surface area contributed by atoms with E-state index in [1.54, 1.807) is 0 Å². The average Bonchev–Trinajstić information content (AvgIpc) is 2.90. The van der Waals surface area contributed by atoms with E-state index in [4.69, 9.17) is 32.5 Å². The molecule has 0 unspecified atom stereocenters. The molecule has 0 aromatic carbocycles. The maximum Gasteiger partial charge on any atom is 0.217 e. The van der Waals surface area contributed by atoms with Crippen molar-refractivity contribution in [1.82, 2.24) is 5.32 Å². The number of ether oxygens (including phenoxy) is 6. The van der Waals surface area contributed by atoms with Crippen LogP contribution in [-0.4, -0.2) is 171 Å². The van der Waals surface area contributed by atoms with Crippen molar-refractivity contribution in [2.75, 3.05) is 26.9 Å². The van der Waals surface area contributed by atoms with Crippen molar-refractivity contribution in [3.8, 4) is 0 Å². The van der Waals surface area contributed by atoms with Crippen LogP contribution in [0.5, 0.6) is 0 Å². The van der Waals surface area contributed by atoms with E-state index in [9.17, 15) is 50.8 Å². The molecule has 0 bridgehead atoms. The van der Waals surface area contributed by atoms with Gasteiger partial charge in [0.25, 0.3) is 0 Å². The van der Waals surface area contributed by atoms with Crippen LogP contribution in [0.3, 0.4) is 0 Å². The number of nitrogens with one attached hydrogen (secondary N) is 1. The fraction of sp³-hybridized carbons (Fsp3) is 0.952. The van der Waals surface area contributed by atoms with Gasteiger partial charge in [-0.25, -0.2) is 0 Å². The summed E-state index contributed by atoms with van der Waals surface area (Å²) in [7, 11) is -3.06. The van der Waals surface area contributed by atoms with Crippen LogP contribution in [-0.2, 0) is 33.2 Å². The Hall–Kier alpha value is -1.13. The molecule has 3 fully saturated rings. The zero-order valence-electron chi connectivity index (χ0n) is 23.2. The molecule has 1 amide bonds. The number of amides is 1. The summed E-state index contributed by atoms with van der Waals surface area (Å²) in [6, 6.07) is -1.57. The third-order valence-corrected chi connectivity index (χ3v) is 6.59. The fourth-order valence-electron chi connectivity index (χ4n) is 4.54.